The van der Waals surface area contributed by atoms with E-state index in [9.17, 15) is 9.90 Å². The van der Waals surface area contributed by atoms with Crippen molar-refractivity contribution in [3.8, 4) is 11.5 Å². The van der Waals surface area contributed by atoms with Crippen molar-refractivity contribution >= 4 is 11.7 Å². The number of ether oxygens (including phenoxy) is 2. The molecule has 0 spiro atoms. The van der Waals surface area contributed by atoms with Crippen LogP contribution < -0.4 is 14.4 Å². The summed E-state index contributed by atoms with van der Waals surface area (Å²) < 4.78 is 11.1. The Morgan fingerprint density at radius 2 is 1.67 bits per heavy atom. The lowest BCUT2D eigenvalue weighted by Gasteiger charge is -2.36. The fourth-order valence-corrected chi connectivity index (χ4v) is 3.34. The molecule has 0 atom stereocenters. The van der Waals surface area contributed by atoms with Gasteiger partial charge in [0.15, 0.2) is 0 Å². The number of carboxylic acid groups (broad SMARTS) is 1. The van der Waals surface area contributed by atoms with Crippen molar-refractivity contribution in [2.45, 2.75) is 6.42 Å². The van der Waals surface area contributed by atoms with Crippen molar-refractivity contribution in [1.82, 2.24) is 4.90 Å². The molecule has 3 rings (SSSR count). The molecule has 0 saturated carbocycles. The highest BCUT2D eigenvalue weighted by Gasteiger charge is 2.19. The molecular formula is C21H26N2O4. The van der Waals surface area contributed by atoms with Crippen LogP contribution in [0.25, 0.3) is 0 Å². The first-order chi connectivity index (χ1) is 13.2. The number of anilines is 1. The van der Waals surface area contributed by atoms with Gasteiger partial charge in [-0.25, -0.2) is 4.79 Å². The highest BCUT2D eigenvalue weighted by molar-refractivity contribution is 5.90. The number of piperazine rings is 1. The average Bonchev–Trinajstić information content (AvgIpc) is 2.72. The molecule has 0 bridgehead atoms. The first-order valence-corrected chi connectivity index (χ1v) is 9.24. The van der Waals surface area contributed by atoms with E-state index < -0.39 is 5.97 Å². The van der Waals surface area contributed by atoms with Crippen molar-refractivity contribution in [1.29, 1.82) is 0 Å². The summed E-state index contributed by atoms with van der Waals surface area (Å²) in [6.45, 7) is 5.35. The van der Waals surface area contributed by atoms with Gasteiger partial charge in [-0.3, -0.25) is 4.90 Å². The molecule has 1 N–H and O–H groups in total. The zero-order valence-electron chi connectivity index (χ0n) is 15.6. The summed E-state index contributed by atoms with van der Waals surface area (Å²) >= 11 is 0. The van der Waals surface area contributed by atoms with Crippen LogP contribution in [-0.2, 0) is 0 Å². The summed E-state index contributed by atoms with van der Waals surface area (Å²) in [7, 11) is 1.71. The Morgan fingerprint density at radius 3 is 2.37 bits per heavy atom. The molecule has 144 valence electrons. The highest BCUT2D eigenvalue weighted by atomic mass is 16.5. The maximum absolute atomic E-state index is 11.2. The fraction of sp³-hybridized carbons (Fsp3) is 0.381. The third kappa shape index (κ3) is 4.92. The largest absolute Gasteiger partial charge is 0.495 e. The second-order valence-electron chi connectivity index (χ2n) is 6.50. The Hall–Kier alpha value is -2.73. The number of carboxylic acids is 1. The van der Waals surface area contributed by atoms with E-state index in [2.05, 4.69) is 15.9 Å². The van der Waals surface area contributed by atoms with E-state index in [0.717, 1.165) is 50.6 Å². The normalized spacial score (nSPS) is 14.8. The first kappa shape index (κ1) is 19.0. The molecule has 1 aliphatic heterocycles. The van der Waals surface area contributed by atoms with Crippen molar-refractivity contribution in [2.24, 2.45) is 0 Å². The molecular weight excluding hydrogens is 344 g/mol. The number of para-hydroxylation sites is 3. The predicted octanol–water partition coefficient (Wildman–Crippen LogP) is 2.98. The molecule has 1 heterocycles. The van der Waals surface area contributed by atoms with Gasteiger partial charge in [-0.1, -0.05) is 24.3 Å². The van der Waals surface area contributed by atoms with Gasteiger partial charge in [-0.15, -0.1) is 0 Å². The topological polar surface area (TPSA) is 62.2 Å². The molecule has 2 aromatic carbocycles. The van der Waals surface area contributed by atoms with Gasteiger partial charge >= 0.3 is 5.97 Å². The summed E-state index contributed by atoms with van der Waals surface area (Å²) in [5, 5.41) is 9.18. The van der Waals surface area contributed by atoms with Crippen molar-refractivity contribution < 1.29 is 19.4 Å². The number of benzene rings is 2. The molecule has 0 unspecified atom stereocenters. The van der Waals surface area contributed by atoms with Crippen LogP contribution in [0.2, 0.25) is 0 Å². The van der Waals surface area contributed by atoms with Gasteiger partial charge in [-0.05, 0) is 30.7 Å². The van der Waals surface area contributed by atoms with Gasteiger partial charge < -0.3 is 19.5 Å². The molecule has 27 heavy (non-hydrogen) atoms. The van der Waals surface area contributed by atoms with Crippen LogP contribution in [0.15, 0.2) is 48.5 Å². The number of nitrogens with zero attached hydrogens (tertiary/aromatic N) is 2. The molecule has 0 radical (unpaired) electrons. The summed E-state index contributed by atoms with van der Waals surface area (Å²) in [5.41, 5.74) is 1.36. The van der Waals surface area contributed by atoms with Gasteiger partial charge in [0, 0.05) is 32.7 Å². The average molecular weight is 370 g/mol. The van der Waals surface area contributed by atoms with Gasteiger partial charge in [0.05, 0.1) is 19.4 Å². The van der Waals surface area contributed by atoms with E-state index in [1.807, 2.05) is 18.2 Å². The first-order valence-electron chi connectivity index (χ1n) is 9.24. The molecule has 0 aromatic heterocycles. The van der Waals surface area contributed by atoms with Crippen molar-refractivity contribution in [3.63, 3.8) is 0 Å². The monoisotopic (exact) mass is 370 g/mol. The molecule has 0 amide bonds. The minimum atomic E-state index is -0.960. The van der Waals surface area contributed by atoms with Crippen LogP contribution in [-0.4, -0.2) is 62.4 Å². The molecule has 2 aromatic rings. The third-order valence-electron chi connectivity index (χ3n) is 4.79. The van der Waals surface area contributed by atoms with E-state index in [4.69, 9.17) is 9.47 Å². The Bertz CT molecular complexity index is 757. The van der Waals surface area contributed by atoms with E-state index in [0.29, 0.717) is 12.4 Å². The van der Waals surface area contributed by atoms with E-state index in [1.54, 1.807) is 31.4 Å². The molecule has 0 aliphatic carbocycles. The van der Waals surface area contributed by atoms with Crippen molar-refractivity contribution in [2.75, 3.05) is 51.3 Å². The maximum atomic E-state index is 11.2. The summed E-state index contributed by atoms with van der Waals surface area (Å²) in [4.78, 5) is 16.0. The van der Waals surface area contributed by atoms with Gasteiger partial charge in [-0.2, -0.15) is 0 Å². The van der Waals surface area contributed by atoms with Crippen LogP contribution >= 0.6 is 0 Å². The van der Waals surface area contributed by atoms with Crippen LogP contribution in [0.1, 0.15) is 16.8 Å². The quantitative estimate of drug-likeness (QED) is 0.721. The lowest BCUT2D eigenvalue weighted by atomic mass is 10.2. The van der Waals surface area contributed by atoms with Gasteiger partial charge in [0.25, 0.3) is 0 Å². The maximum Gasteiger partial charge on any atom is 0.339 e. The zero-order chi connectivity index (χ0) is 19.1. The summed E-state index contributed by atoms with van der Waals surface area (Å²) in [6, 6.07) is 14.9. The van der Waals surface area contributed by atoms with Crippen LogP contribution in [0.4, 0.5) is 5.69 Å². The number of methoxy groups -OCH3 is 1. The van der Waals surface area contributed by atoms with E-state index in [1.165, 1.54) is 0 Å². The number of hydrogen-bond acceptors (Lipinski definition) is 5. The van der Waals surface area contributed by atoms with E-state index >= 15 is 0 Å². The number of aromatic carboxylic acids is 1. The van der Waals surface area contributed by atoms with Crippen molar-refractivity contribution in [3.05, 3.63) is 54.1 Å². The standard InChI is InChI=1S/C21H26N2O4/c1-26-20-10-5-3-8-18(20)23-14-12-22(13-15-23)11-6-16-27-19-9-4-2-7-17(19)21(24)25/h2-5,7-10H,6,11-16H2,1H3,(H,24,25). The Morgan fingerprint density at radius 1 is 1.00 bits per heavy atom. The van der Waals surface area contributed by atoms with Gasteiger partial charge in [0.2, 0.25) is 0 Å². The Labute approximate surface area is 159 Å². The Balaban J connectivity index is 1.42. The molecule has 1 saturated heterocycles. The fourth-order valence-electron chi connectivity index (χ4n) is 3.34. The number of rotatable bonds is 8. The summed E-state index contributed by atoms with van der Waals surface area (Å²) in [6.07, 6.45) is 0.864. The SMILES string of the molecule is COc1ccccc1N1CCN(CCCOc2ccccc2C(=O)O)CC1. The zero-order valence-corrected chi connectivity index (χ0v) is 15.6. The second-order valence-corrected chi connectivity index (χ2v) is 6.50. The molecule has 1 fully saturated rings. The predicted molar refractivity (Wildman–Crippen MR) is 105 cm³/mol. The number of carbonyl (C=O) groups is 1. The second kappa shape index (κ2) is 9.28. The van der Waals surface area contributed by atoms with Crippen LogP contribution in [0, 0.1) is 0 Å². The highest BCUT2D eigenvalue weighted by Crippen LogP contribution is 2.28. The molecule has 6 heteroatoms. The lowest BCUT2D eigenvalue weighted by molar-refractivity contribution is 0.0692. The minimum Gasteiger partial charge on any atom is -0.495 e. The summed E-state index contributed by atoms with van der Waals surface area (Å²) in [5.74, 6) is 0.389. The minimum absolute atomic E-state index is 0.211. The van der Waals surface area contributed by atoms with Crippen LogP contribution in [0.3, 0.4) is 0 Å². The Kier molecular flexibility index (Phi) is 6.54. The molecule has 6 nitrogen and oxygen atoms in total. The van der Waals surface area contributed by atoms with E-state index in [-0.39, 0.29) is 5.56 Å². The van der Waals surface area contributed by atoms with Crippen LogP contribution in [0.5, 0.6) is 11.5 Å². The molecule has 1 aliphatic rings. The lowest BCUT2D eigenvalue weighted by Crippen LogP contribution is -2.46. The van der Waals surface area contributed by atoms with Gasteiger partial charge in [0.1, 0.15) is 17.1 Å². The third-order valence-corrected chi connectivity index (χ3v) is 4.79. The smallest absolute Gasteiger partial charge is 0.339 e. The number of hydrogen-bond donors (Lipinski definition) is 1.